The van der Waals surface area contributed by atoms with Crippen LogP contribution in [0.3, 0.4) is 0 Å². The zero-order valence-corrected chi connectivity index (χ0v) is 22.4. The monoisotopic (exact) mass is 548 g/mol. The van der Waals surface area contributed by atoms with Gasteiger partial charge >= 0.3 is 5.97 Å². The molecule has 12 nitrogen and oxygen atoms in total. The van der Waals surface area contributed by atoms with Gasteiger partial charge in [0.25, 0.3) is 11.8 Å². The number of nitrogen functional groups attached to an aromatic ring is 1. The molecule has 0 fully saturated rings. The number of amides is 2. The summed E-state index contributed by atoms with van der Waals surface area (Å²) in [6, 6.07) is 16.7. The summed E-state index contributed by atoms with van der Waals surface area (Å²) in [5, 5.41) is 20.2. The Bertz CT molecular complexity index is 1380. The lowest BCUT2D eigenvalue weighted by Crippen LogP contribution is -2.37. The van der Waals surface area contributed by atoms with Crippen LogP contribution in [-0.4, -0.2) is 60.9 Å². The number of benzene rings is 3. The molecule has 12 heteroatoms. The number of ether oxygens (including phenoxy) is 2. The first-order valence-corrected chi connectivity index (χ1v) is 12.3. The van der Waals surface area contributed by atoms with Gasteiger partial charge in [0.15, 0.2) is 18.1 Å². The maximum Gasteiger partial charge on any atom is 0.337 e. The molecule has 2 amide bonds. The quantitative estimate of drug-likeness (QED) is 0.106. The first-order chi connectivity index (χ1) is 19.1. The molecule has 40 heavy (non-hydrogen) atoms. The second-order valence-corrected chi connectivity index (χ2v) is 8.75. The molecular weight excluding hydrogens is 516 g/mol. The average Bonchev–Trinajstić information content (AvgIpc) is 2.94. The van der Waals surface area contributed by atoms with Crippen molar-refractivity contribution in [1.82, 2.24) is 10.3 Å². The summed E-state index contributed by atoms with van der Waals surface area (Å²) in [6.45, 7) is 1.92. The van der Waals surface area contributed by atoms with Gasteiger partial charge in [-0.2, -0.15) is 0 Å². The summed E-state index contributed by atoms with van der Waals surface area (Å²) < 4.78 is 11.4. The smallest absolute Gasteiger partial charge is 0.337 e. The van der Waals surface area contributed by atoms with Crippen LogP contribution in [0.25, 0.3) is 0 Å². The van der Waals surface area contributed by atoms with Crippen LogP contribution in [0.15, 0.2) is 66.7 Å². The molecule has 0 aliphatic rings. The SMILES string of the molecule is CCOc1cc(C(Nc2ccc(C(=N)N)cc2)C(=O)NNc2ccccc2C(=O)O)ccc1OCC(=O)N(C)C. The van der Waals surface area contributed by atoms with E-state index in [-0.39, 0.29) is 29.6 Å². The van der Waals surface area contributed by atoms with Crippen LogP contribution in [0.5, 0.6) is 11.5 Å². The van der Waals surface area contributed by atoms with Crippen LogP contribution < -0.4 is 31.4 Å². The van der Waals surface area contributed by atoms with Crippen molar-refractivity contribution in [3.63, 3.8) is 0 Å². The van der Waals surface area contributed by atoms with E-state index in [9.17, 15) is 19.5 Å². The summed E-state index contributed by atoms with van der Waals surface area (Å²) >= 11 is 0. The van der Waals surface area contributed by atoms with Gasteiger partial charge < -0.3 is 30.5 Å². The molecule has 0 heterocycles. The van der Waals surface area contributed by atoms with E-state index < -0.39 is 17.9 Å². The lowest BCUT2D eigenvalue weighted by atomic mass is 10.0. The molecule has 0 bridgehead atoms. The molecule has 0 saturated carbocycles. The first kappa shape index (κ1) is 29.3. The normalized spacial score (nSPS) is 11.1. The van der Waals surface area contributed by atoms with Crippen LogP contribution >= 0.6 is 0 Å². The number of para-hydroxylation sites is 1. The Hall–Kier alpha value is -5.26. The van der Waals surface area contributed by atoms with Crippen molar-refractivity contribution in [1.29, 1.82) is 5.41 Å². The number of hydrogen-bond donors (Lipinski definition) is 6. The molecule has 3 aromatic carbocycles. The molecule has 3 aromatic rings. The molecule has 0 aliphatic carbocycles. The Labute approximate surface area is 231 Å². The number of anilines is 2. The molecule has 7 N–H and O–H groups in total. The zero-order chi connectivity index (χ0) is 29.2. The van der Waals surface area contributed by atoms with Gasteiger partial charge in [-0.3, -0.25) is 25.8 Å². The minimum Gasteiger partial charge on any atom is -0.490 e. The number of hydrogen-bond acceptors (Lipinski definition) is 8. The van der Waals surface area contributed by atoms with E-state index in [0.29, 0.717) is 34.9 Å². The number of aromatic carboxylic acids is 1. The fraction of sp³-hybridized carbons (Fsp3) is 0.214. The molecule has 210 valence electrons. The highest BCUT2D eigenvalue weighted by Crippen LogP contribution is 2.32. The second-order valence-electron chi connectivity index (χ2n) is 8.75. The second kappa shape index (κ2) is 13.5. The summed E-state index contributed by atoms with van der Waals surface area (Å²) in [5.74, 6) is -1.34. The zero-order valence-electron chi connectivity index (χ0n) is 22.4. The van der Waals surface area contributed by atoms with E-state index in [2.05, 4.69) is 16.2 Å². The number of nitrogens with two attached hydrogens (primary N) is 1. The molecule has 0 aliphatic heterocycles. The Morgan fingerprint density at radius 1 is 1.00 bits per heavy atom. The van der Waals surface area contributed by atoms with E-state index in [1.165, 1.54) is 17.0 Å². The summed E-state index contributed by atoms with van der Waals surface area (Å²) in [5.41, 5.74) is 12.6. The molecule has 0 spiro atoms. The van der Waals surface area contributed by atoms with E-state index in [1.54, 1.807) is 75.6 Å². The van der Waals surface area contributed by atoms with Gasteiger partial charge in [0.1, 0.15) is 11.9 Å². The third kappa shape index (κ3) is 7.63. The number of rotatable bonds is 13. The third-order valence-electron chi connectivity index (χ3n) is 5.70. The van der Waals surface area contributed by atoms with Crippen molar-refractivity contribution in [2.24, 2.45) is 5.73 Å². The maximum atomic E-state index is 13.5. The van der Waals surface area contributed by atoms with Crippen molar-refractivity contribution >= 4 is 35.0 Å². The molecule has 0 radical (unpaired) electrons. The molecule has 0 saturated heterocycles. The molecule has 1 atom stereocenters. The lowest BCUT2D eigenvalue weighted by molar-refractivity contribution is -0.130. The first-order valence-electron chi connectivity index (χ1n) is 12.3. The topological polar surface area (TPSA) is 179 Å². The van der Waals surface area contributed by atoms with E-state index >= 15 is 0 Å². The van der Waals surface area contributed by atoms with Crippen LogP contribution in [0, 0.1) is 5.41 Å². The van der Waals surface area contributed by atoms with Crippen LogP contribution in [0.4, 0.5) is 11.4 Å². The van der Waals surface area contributed by atoms with Gasteiger partial charge in [0.05, 0.1) is 17.9 Å². The minimum atomic E-state index is -1.15. The van der Waals surface area contributed by atoms with Crippen LogP contribution in [0.2, 0.25) is 0 Å². The number of carboxylic acid groups (broad SMARTS) is 1. The summed E-state index contributed by atoms with van der Waals surface area (Å²) in [7, 11) is 3.25. The van der Waals surface area contributed by atoms with Crippen LogP contribution in [-0.2, 0) is 9.59 Å². The van der Waals surface area contributed by atoms with Gasteiger partial charge in [-0.15, -0.1) is 0 Å². The Kier molecular flexibility index (Phi) is 9.90. The van der Waals surface area contributed by atoms with Crippen molar-refractivity contribution in [3.8, 4) is 11.5 Å². The fourth-order valence-corrected chi connectivity index (χ4v) is 3.55. The van der Waals surface area contributed by atoms with Gasteiger partial charge in [-0.05, 0) is 61.0 Å². The lowest BCUT2D eigenvalue weighted by Gasteiger charge is -2.22. The summed E-state index contributed by atoms with van der Waals surface area (Å²) in [6.07, 6.45) is 0. The minimum absolute atomic E-state index is 0.0143. The van der Waals surface area contributed by atoms with Crippen molar-refractivity contribution in [2.45, 2.75) is 13.0 Å². The Morgan fingerprint density at radius 3 is 2.33 bits per heavy atom. The Balaban J connectivity index is 1.92. The average molecular weight is 549 g/mol. The van der Waals surface area contributed by atoms with E-state index in [4.69, 9.17) is 20.6 Å². The number of likely N-dealkylation sites (N-methyl/N-ethyl adjacent to an activating group) is 1. The number of nitrogens with zero attached hydrogens (tertiary/aromatic N) is 1. The highest BCUT2D eigenvalue weighted by Gasteiger charge is 2.23. The predicted octanol–water partition coefficient (Wildman–Crippen LogP) is 2.83. The fourth-order valence-electron chi connectivity index (χ4n) is 3.55. The molecular formula is C28H32N6O6. The van der Waals surface area contributed by atoms with E-state index in [1.807, 2.05) is 0 Å². The van der Waals surface area contributed by atoms with Gasteiger partial charge in [-0.1, -0.05) is 18.2 Å². The molecule has 3 rings (SSSR count). The largest absolute Gasteiger partial charge is 0.490 e. The number of carboxylic acids is 1. The number of nitrogens with one attached hydrogen (secondary N) is 4. The van der Waals surface area contributed by atoms with Crippen LogP contribution in [0.1, 0.15) is 34.5 Å². The number of amidine groups is 1. The van der Waals surface area contributed by atoms with Gasteiger partial charge in [0, 0.05) is 25.3 Å². The van der Waals surface area contributed by atoms with Gasteiger partial charge in [0.2, 0.25) is 0 Å². The number of carbonyl (C=O) groups excluding carboxylic acids is 2. The maximum absolute atomic E-state index is 13.5. The highest BCUT2D eigenvalue weighted by molar-refractivity contribution is 5.96. The highest BCUT2D eigenvalue weighted by atomic mass is 16.5. The number of carbonyl (C=O) groups is 3. The van der Waals surface area contributed by atoms with E-state index in [0.717, 1.165) is 0 Å². The predicted molar refractivity (Wildman–Crippen MR) is 151 cm³/mol. The molecule has 1 unspecified atom stereocenters. The van der Waals surface area contributed by atoms with Gasteiger partial charge in [-0.25, -0.2) is 4.79 Å². The van der Waals surface area contributed by atoms with Crippen molar-refractivity contribution in [3.05, 3.63) is 83.4 Å². The standard InChI is InChI=1S/C28H32N6O6/c1-4-39-23-15-18(11-14-22(23)40-16-24(35)34(2)3)25(31-19-12-9-17(10-13-19)26(29)30)27(36)33-32-21-8-6-5-7-20(21)28(37)38/h5-15,25,31-32H,4,16H2,1-3H3,(H3,29,30)(H,33,36)(H,37,38). The molecule has 0 aromatic heterocycles. The summed E-state index contributed by atoms with van der Waals surface area (Å²) in [4.78, 5) is 38.4. The third-order valence-corrected chi connectivity index (χ3v) is 5.70. The number of hydrazine groups is 1. The Morgan fingerprint density at radius 2 is 1.70 bits per heavy atom. The van der Waals surface area contributed by atoms with Crippen molar-refractivity contribution in [2.75, 3.05) is 38.1 Å². The van der Waals surface area contributed by atoms with Crippen molar-refractivity contribution < 1.29 is 29.0 Å².